The second kappa shape index (κ2) is 6.98. The van der Waals surface area contributed by atoms with E-state index >= 15 is 0 Å². The van der Waals surface area contributed by atoms with Gasteiger partial charge in [-0.2, -0.15) is 4.98 Å². The average Bonchev–Trinajstić information content (AvgIpc) is 3.34. The topological polar surface area (TPSA) is 108 Å². The summed E-state index contributed by atoms with van der Waals surface area (Å²) in [6.07, 6.45) is 6.20. The predicted octanol–water partition coefficient (Wildman–Crippen LogP) is 0.995. The van der Waals surface area contributed by atoms with Gasteiger partial charge in [0.2, 0.25) is 0 Å². The molecule has 27 heavy (non-hydrogen) atoms. The lowest BCUT2D eigenvalue weighted by molar-refractivity contribution is 0.362. The van der Waals surface area contributed by atoms with E-state index in [0.29, 0.717) is 29.1 Å². The molecule has 1 aliphatic heterocycles. The Morgan fingerprint density at radius 2 is 2.19 bits per heavy atom. The fourth-order valence-electron chi connectivity index (χ4n) is 3.23. The summed E-state index contributed by atoms with van der Waals surface area (Å²) in [5, 5.41) is 12.3. The highest BCUT2D eigenvalue weighted by Crippen LogP contribution is 2.30. The molecule has 1 fully saturated rings. The Kier molecular flexibility index (Phi) is 4.66. The quantitative estimate of drug-likeness (QED) is 0.643. The third kappa shape index (κ3) is 3.33. The number of likely N-dealkylation sites (tertiary alicyclic amines) is 1. The normalized spacial score (nSPS) is 18.9. The zero-order valence-corrected chi connectivity index (χ0v) is 16.5. The summed E-state index contributed by atoms with van der Waals surface area (Å²) in [5.74, 6) is 0.938. The maximum atomic E-state index is 11.9. The maximum Gasteiger partial charge on any atom is 0.361 e. The molecule has 0 bridgehead atoms. The summed E-state index contributed by atoms with van der Waals surface area (Å²) in [4.78, 5) is 11.0. The minimum atomic E-state index is -1.32. The molecule has 144 valence electrons. The van der Waals surface area contributed by atoms with Crippen LogP contribution >= 0.6 is 0 Å². The lowest BCUT2D eigenvalue weighted by atomic mass is 10.3. The number of nitrogens with zero attached hydrogens (tertiary/aromatic N) is 7. The van der Waals surface area contributed by atoms with Gasteiger partial charge in [0.15, 0.2) is 11.5 Å². The molecule has 0 amide bonds. The number of imidazole rings is 1. The van der Waals surface area contributed by atoms with E-state index in [1.807, 2.05) is 17.8 Å². The summed E-state index contributed by atoms with van der Waals surface area (Å²) < 4.78 is 20.9. The number of nitrogens with one attached hydrogen (secondary N) is 1. The van der Waals surface area contributed by atoms with Crippen molar-refractivity contribution in [3.63, 3.8) is 0 Å². The van der Waals surface area contributed by atoms with Crippen LogP contribution in [0.5, 0.6) is 5.88 Å². The third-order valence-corrected chi connectivity index (χ3v) is 5.34. The standard InChI is InChI=1S/C16H22N8O2S/c1-10-7-17-14-13(19-16(27(4)25)21-24(10)14)18-12-9-23(20-15(12)26-3)11-5-6-22(2)8-11/h7,9,11H,5-6,8H2,1-4H3,(H,18,19,21)/t11-,27?/m0/s1. The molecule has 0 radical (unpaired) electrons. The number of fused-ring (bicyclic) bond motifs is 1. The Labute approximate surface area is 159 Å². The number of likely N-dealkylation sites (N-methyl/N-ethyl adjacent to an activating group) is 1. The zero-order valence-electron chi connectivity index (χ0n) is 15.7. The van der Waals surface area contributed by atoms with Gasteiger partial charge in [-0.1, -0.05) is 5.10 Å². The summed E-state index contributed by atoms with van der Waals surface area (Å²) in [7, 11) is 3.69. The molecule has 1 unspecified atom stereocenters. The number of hydrogen-bond donors (Lipinski definition) is 1. The highest BCUT2D eigenvalue weighted by atomic mass is 32.2. The molecule has 4 heterocycles. The molecule has 0 spiro atoms. The van der Waals surface area contributed by atoms with Gasteiger partial charge in [-0.25, -0.2) is 9.50 Å². The van der Waals surface area contributed by atoms with Crippen molar-refractivity contribution in [1.29, 1.82) is 0 Å². The van der Waals surface area contributed by atoms with Gasteiger partial charge in [0.1, 0.15) is 11.9 Å². The van der Waals surface area contributed by atoms with E-state index in [0.717, 1.165) is 25.2 Å². The fourth-order valence-corrected chi connectivity index (χ4v) is 3.65. The van der Waals surface area contributed by atoms with Gasteiger partial charge in [0.25, 0.3) is 5.88 Å². The van der Waals surface area contributed by atoms with E-state index in [1.54, 1.807) is 24.1 Å². The largest absolute Gasteiger partial charge is 0.609 e. The molecule has 3 aromatic heterocycles. The first-order valence-corrected chi connectivity index (χ1v) is 10.2. The highest BCUT2D eigenvalue weighted by molar-refractivity contribution is 7.90. The summed E-state index contributed by atoms with van der Waals surface area (Å²) in [5.41, 5.74) is 2.07. The first-order chi connectivity index (χ1) is 13.0. The molecule has 0 aromatic carbocycles. The van der Waals surface area contributed by atoms with Crippen LogP contribution in [0, 0.1) is 6.92 Å². The predicted molar refractivity (Wildman–Crippen MR) is 101 cm³/mol. The molecule has 11 heteroatoms. The molecule has 10 nitrogen and oxygen atoms in total. The van der Waals surface area contributed by atoms with Crippen molar-refractivity contribution in [2.45, 2.75) is 24.5 Å². The van der Waals surface area contributed by atoms with Gasteiger partial charge in [-0.15, -0.1) is 5.10 Å². The minimum absolute atomic E-state index is 0.231. The van der Waals surface area contributed by atoms with Crippen molar-refractivity contribution in [1.82, 2.24) is 34.3 Å². The van der Waals surface area contributed by atoms with Crippen molar-refractivity contribution in [2.75, 3.05) is 38.8 Å². The van der Waals surface area contributed by atoms with E-state index in [4.69, 9.17) is 4.74 Å². The Balaban J connectivity index is 1.72. The fraction of sp³-hybridized carbons (Fsp3) is 0.500. The third-order valence-electron chi connectivity index (χ3n) is 4.66. The lowest BCUT2D eigenvalue weighted by Gasteiger charge is -2.10. The Hall–Kier alpha value is -2.37. The molecule has 3 aromatic rings. The van der Waals surface area contributed by atoms with Crippen LogP contribution in [0.1, 0.15) is 18.2 Å². The lowest BCUT2D eigenvalue weighted by Crippen LogP contribution is -2.16. The van der Waals surface area contributed by atoms with Crippen molar-refractivity contribution >= 4 is 28.3 Å². The molecule has 4 rings (SSSR count). The van der Waals surface area contributed by atoms with E-state index in [2.05, 4.69) is 37.4 Å². The summed E-state index contributed by atoms with van der Waals surface area (Å²) in [6, 6.07) is 0.303. The molecule has 0 aliphatic carbocycles. The van der Waals surface area contributed by atoms with Gasteiger partial charge in [-0.05, 0) is 26.9 Å². The van der Waals surface area contributed by atoms with Crippen molar-refractivity contribution in [3.8, 4) is 5.88 Å². The van der Waals surface area contributed by atoms with Crippen LogP contribution in [0.2, 0.25) is 0 Å². The summed E-state index contributed by atoms with van der Waals surface area (Å²) >= 11 is -1.32. The van der Waals surface area contributed by atoms with Crippen LogP contribution < -0.4 is 10.1 Å². The smallest absolute Gasteiger partial charge is 0.361 e. The molecular weight excluding hydrogens is 368 g/mol. The summed E-state index contributed by atoms with van der Waals surface area (Å²) in [6.45, 7) is 3.87. The SMILES string of the molecule is COc1nn([C@H]2CCN(C)C2)cc1Nc1nc([S+](C)[O-])nn2c(C)cnc12. The van der Waals surface area contributed by atoms with Crippen molar-refractivity contribution in [3.05, 3.63) is 18.1 Å². The Morgan fingerprint density at radius 1 is 1.37 bits per heavy atom. The molecule has 1 aliphatic rings. The average molecular weight is 390 g/mol. The number of methoxy groups -OCH3 is 1. The van der Waals surface area contributed by atoms with Crippen LogP contribution in [0.3, 0.4) is 0 Å². The zero-order chi connectivity index (χ0) is 19.1. The number of aryl methyl sites for hydroxylation is 1. The number of ether oxygens (including phenoxy) is 1. The number of rotatable bonds is 5. The van der Waals surface area contributed by atoms with E-state index in [-0.39, 0.29) is 5.16 Å². The maximum absolute atomic E-state index is 11.9. The molecule has 0 saturated carbocycles. The first kappa shape index (κ1) is 18.0. The van der Waals surface area contributed by atoms with Crippen LogP contribution in [-0.2, 0) is 11.2 Å². The van der Waals surface area contributed by atoms with E-state index in [1.165, 1.54) is 0 Å². The molecule has 1 saturated heterocycles. The van der Waals surface area contributed by atoms with E-state index < -0.39 is 11.2 Å². The van der Waals surface area contributed by atoms with Gasteiger partial charge in [0.05, 0.1) is 31.2 Å². The number of hydrogen-bond acceptors (Lipinski definition) is 8. The van der Waals surface area contributed by atoms with Crippen molar-refractivity contribution in [2.24, 2.45) is 0 Å². The van der Waals surface area contributed by atoms with Gasteiger partial charge in [-0.3, -0.25) is 4.68 Å². The first-order valence-electron chi connectivity index (χ1n) is 8.60. The second-order valence-electron chi connectivity index (χ2n) is 6.69. The number of aromatic nitrogens is 6. The number of anilines is 2. The van der Waals surface area contributed by atoms with Gasteiger partial charge < -0.3 is 19.5 Å². The van der Waals surface area contributed by atoms with Crippen LogP contribution in [0.25, 0.3) is 5.65 Å². The van der Waals surface area contributed by atoms with Crippen molar-refractivity contribution < 1.29 is 9.29 Å². The molecule has 2 atom stereocenters. The highest BCUT2D eigenvalue weighted by Gasteiger charge is 2.25. The molecular formula is C16H22N8O2S. The van der Waals surface area contributed by atoms with Gasteiger partial charge >= 0.3 is 5.16 Å². The minimum Gasteiger partial charge on any atom is -0.609 e. The second-order valence-corrected chi connectivity index (χ2v) is 7.97. The monoisotopic (exact) mass is 390 g/mol. The van der Waals surface area contributed by atoms with Crippen LogP contribution in [0.15, 0.2) is 17.6 Å². The Bertz CT molecular complexity index is 969. The Morgan fingerprint density at radius 3 is 2.85 bits per heavy atom. The van der Waals surface area contributed by atoms with Crippen LogP contribution in [0.4, 0.5) is 11.5 Å². The molecule has 1 N–H and O–H groups in total. The van der Waals surface area contributed by atoms with Gasteiger partial charge in [0, 0.05) is 17.7 Å². The van der Waals surface area contributed by atoms with Crippen LogP contribution in [-0.4, -0.2) is 72.3 Å². The van der Waals surface area contributed by atoms with E-state index in [9.17, 15) is 4.55 Å².